The lowest BCUT2D eigenvalue weighted by Crippen LogP contribution is -2.51. The van der Waals surface area contributed by atoms with E-state index in [1.54, 1.807) is 4.90 Å². The molecule has 0 N–H and O–H groups in total. The van der Waals surface area contributed by atoms with Crippen LogP contribution in [-0.2, 0) is 16.0 Å². The van der Waals surface area contributed by atoms with Crippen molar-refractivity contribution in [3.8, 4) is 5.75 Å². The summed E-state index contributed by atoms with van der Waals surface area (Å²) in [4.78, 5) is 30.1. The Balaban J connectivity index is 1.20. The first-order valence-corrected chi connectivity index (χ1v) is 11.2. The lowest BCUT2D eigenvalue weighted by molar-refractivity contribution is -0.139. The van der Waals surface area contributed by atoms with E-state index >= 15 is 0 Å². The van der Waals surface area contributed by atoms with Crippen LogP contribution >= 0.6 is 0 Å². The van der Waals surface area contributed by atoms with E-state index in [0.29, 0.717) is 32.7 Å². The fourth-order valence-electron chi connectivity index (χ4n) is 4.25. The summed E-state index contributed by atoms with van der Waals surface area (Å²) in [6, 6.07) is 18.7. The molecule has 0 unspecified atom stereocenters. The van der Waals surface area contributed by atoms with Gasteiger partial charge in [0.25, 0.3) is 0 Å². The van der Waals surface area contributed by atoms with Gasteiger partial charge in [0.05, 0.1) is 6.54 Å². The normalized spacial score (nSPS) is 17.2. The van der Waals surface area contributed by atoms with Crippen LogP contribution in [0.15, 0.2) is 54.6 Å². The quantitative estimate of drug-likeness (QED) is 0.657. The highest BCUT2D eigenvalue weighted by Crippen LogP contribution is 2.21. The van der Waals surface area contributed by atoms with Crippen LogP contribution in [-0.4, -0.2) is 78.9 Å². The van der Waals surface area contributed by atoms with Crippen molar-refractivity contribution in [3.63, 3.8) is 0 Å². The molecule has 31 heavy (non-hydrogen) atoms. The Bertz CT molecular complexity index is 879. The molecule has 0 radical (unpaired) electrons. The van der Waals surface area contributed by atoms with Crippen LogP contribution in [0, 0.1) is 0 Å². The molecule has 2 aliphatic rings. The maximum atomic E-state index is 12.5. The van der Waals surface area contributed by atoms with Gasteiger partial charge in [-0.15, -0.1) is 0 Å². The topological polar surface area (TPSA) is 53.1 Å². The molecule has 0 atom stereocenters. The predicted octanol–water partition coefficient (Wildman–Crippen LogP) is 2.42. The number of ether oxygens (including phenoxy) is 1. The van der Waals surface area contributed by atoms with E-state index in [2.05, 4.69) is 41.3 Å². The molecule has 2 amide bonds. The second kappa shape index (κ2) is 10.4. The average molecular weight is 422 g/mol. The average Bonchev–Trinajstić information content (AvgIpc) is 3.20. The molecule has 2 heterocycles. The molecule has 6 heteroatoms. The van der Waals surface area contributed by atoms with Crippen molar-refractivity contribution in [1.29, 1.82) is 0 Å². The van der Waals surface area contributed by atoms with Crippen molar-refractivity contribution in [2.75, 3.05) is 52.4 Å². The molecule has 6 nitrogen and oxygen atoms in total. The van der Waals surface area contributed by atoms with E-state index in [1.165, 1.54) is 11.1 Å². The number of hydrogen-bond acceptors (Lipinski definition) is 4. The fourth-order valence-corrected chi connectivity index (χ4v) is 4.25. The van der Waals surface area contributed by atoms with E-state index in [9.17, 15) is 9.59 Å². The van der Waals surface area contributed by atoms with Crippen LogP contribution in [0.2, 0.25) is 0 Å². The van der Waals surface area contributed by atoms with Crippen molar-refractivity contribution in [3.05, 3.63) is 65.7 Å². The lowest BCUT2D eigenvalue weighted by atomic mass is 10.0. The molecule has 0 saturated carbocycles. The van der Waals surface area contributed by atoms with Crippen LogP contribution in [0.3, 0.4) is 0 Å². The second-order valence-electron chi connectivity index (χ2n) is 8.26. The Hall–Kier alpha value is -2.86. The molecule has 2 aromatic carbocycles. The van der Waals surface area contributed by atoms with Gasteiger partial charge in [-0.2, -0.15) is 0 Å². The molecule has 164 valence electrons. The molecular weight excluding hydrogens is 390 g/mol. The SMILES string of the molecule is O=C(CN1CCCC1=O)N1CCN(CCOc2ccccc2Cc2ccccc2)CC1. The van der Waals surface area contributed by atoms with Gasteiger partial charge in [0, 0.05) is 52.1 Å². The molecular formula is C25H31N3O3. The Morgan fingerprint density at radius 1 is 0.903 bits per heavy atom. The summed E-state index contributed by atoms with van der Waals surface area (Å²) in [7, 11) is 0. The number of likely N-dealkylation sites (tertiary alicyclic amines) is 1. The molecule has 2 fully saturated rings. The van der Waals surface area contributed by atoms with E-state index in [-0.39, 0.29) is 18.4 Å². The summed E-state index contributed by atoms with van der Waals surface area (Å²) < 4.78 is 6.12. The third-order valence-corrected chi connectivity index (χ3v) is 6.10. The van der Waals surface area contributed by atoms with Gasteiger partial charge in [-0.1, -0.05) is 48.5 Å². The number of rotatable bonds is 8. The lowest BCUT2D eigenvalue weighted by Gasteiger charge is -2.35. The van der Waals surface area contributed by atoms with Gasteiger partial charge in [0.2, 0.25) is 11.8 Å². The number of nitrogens with zero attached hydrogens (tertiary/aromatic N) is 3. The minimum absolute atomic E-state index is 0.0704. The second-order valence-corrected chi connectivity index (χ2v) is 8.26. The zero-order valence-corrected chi connectivity index (χ0v) is 18.0. The zero-order chi connectivity index (χ0) is 21.5. The minimum atomic E-state index is 0.0704. The molecule has 2 saturated heterocycles. The zero-order valence-electron chi connectivity index (χ0n) is 18.0. The number of piperazine rings is 1. The number of hydrogen-bond donors (Lipinski definition) is 0. The number of carbonyl (C=O) groups is 2. The van der Waals surface area contributed by atoms with Crippen LogP contribution in [0.25, 0.3) is 0 Å². The minimum Gasteiger partial charge on any atom is -0.492 e. The first-order valence-electron chi connectivity index (χ1n) is 11.2. The first-order chi connectivity index (χ1) is 15.2. The van der Waals surface area contributed by atoms with Gasteiger partial charge < -0.3 is 14.5 Å². The maximum absolute atomic E-state index is 12.5. The highest BCUT2D eigenvalue weighted by atomic mass is 16.5. The monoisotopic (exact) mass is 421 g/mol. The highest BCUT2D eigenvalue weighted by molar-refractivity contribution is 5.85. The molecule has 4 rings (SSSR count). The van der Waals surface area contributed by atoms with Gasteiger partial charge in [-0.05, 0) is 23.6 Å². The van der Waals surface area contributed by atoms with Gasteiger partial charge in [0.15, 0.2) is 0 Å². The van der Waals surface area contributed by atoms with Crippen LogP contribution in [0.4, 0.5) is 0 Å². The van der Waals surface area contributed by atoms with E-state index < -0.39 is 0 Å². The molecule has 0 bridgehead atoms. The van der Waals surface area contributed by atoms with Gasteiger partial charge in [0.1, 0.15) is 12.4 Å². The smallest absolute Gasteiger partial charge is 0.242 e. The van der Waals surface area contributed by atoms with Crippen LogP contribution in [0.1, 0.15) is 24.0 Å². The van der Waals surface area contributed by atoms with Crippen LogP contribution in [0.5, 0.6) is 5.75 Å². The van der Waals surface area contributed by atoms with Gasteiger partial charge in [-0.25, -0.2) is 0 Å². The summed E-state index contributed by atoms with van der Waals surface area (Å²) in [5.41, 5.74) is 2.47. The standard InChI is InChI=1S/C25H31N3O3/c29-24-11-6-12-28(24)20-25(30)27-15-13-26(14-16-27)17-18-31-23-10-5-4-9-22(23)19-21-7-2-1-3-8-21/h1-5,7-10H,6,11-20H2. The summed E-state index contributed by atoms with van der Waals surface area (Å²) in [5, 5.41) is 0. The van der Waals surface area contributed by atoms with E-state index in [0.717, 1.165) is 38.2 Å². The van der Waals surface area contributed by atoms with Crippen molar-refractivity contribution in [2.24, 2.45) is 0 Å². The van der Waals surface area contributed by atoms with Gasteiger partial charge >= 0.3 is 0 Å². The van der Waals surface area contributed by atoms with E-state index in [4.69, 9.17) is 4.74 Å². The third-order valence-electron chi connectivity index (χ3n) is 6.10. The largest absolute Gasteiger partial charge is 0.492 e. The molecule has 0 aliphatic carbocycles. The van der Waals surface area contributed by atoms with Crippen molar-refractivity contribution in [1.82, 2.24) is 14.7 Å². The summed E-state index contributed by atoms with van der Waals surface area (Å²) in [6.07, 6.45) is 2.31. The molecule has 2 aromatic rings. The van der Waals surface area contributed by atoms with Crippen LogP contribution < -0.4 is 4.74 Å². The van der Waals surface area contributed by atoms with Crippen molar-refractivity contribution >= 4 is 11.8 Å². The summed E-state index contributed by atoms with van der Waals surface area (Å²) >= 11 is 0. The summed E-state index contributed by atoms with van der Waals surface area (Å²) in [5.74, 6) is 1.12. The third kappa shape index (κ3) is 5.85. The molecule has 0 aromatic heterocycles. The van der Waals surface area contributed by atoms with Crippen molar-refractivity contribution in [2.45, 2.75) is 19.3 Å². The number of benzene rings is 2. The predicted molar refractivity (Wildman–Crippen MR) is 120 cm³/mol. The van der Waals surface area contributed by atoms with Gasteiger partial charge in [-0.3, -0.25) is 14.5 Å². The Morgan fingerprint density at radius 3 is 2.39 bits per heavy atom. The maximum Gasteiger partial charge on any atom is 0.242 e. The number of para-hydroxylation sites is 1. The molecule has 0 spiro atoms. The van der Waals surface area contributed by atoms with Crippen molar-refractivity contribution < 1.29 is 14.3 Å². The van der Waals surface area contributed by atoms with E-state index in [1.807, 2.05) is 23.1 Å². The Labute approximate surface area is 184 Å². The number of amides is 2. The highest BCUT2D eigenvalue weighted by Gasteiger charge is 2.26. The Kier molecular flexibility index (Phi) is 7.20. The fraction of sp³-hybridized carbons (Fsp3) is 0.440. The Morgan fingerprint density at radius 2 is 1.65 bits per heavy atom. The summed E-state index contributed by atoms with van der Waals surface area (Å²) in [6.45, 7) is 5.53. The first kappa shape index (κ1) is 21.4. The number of carbonyl (C=O) groups excluding carboxylic acids is 2. The molecule has 2 aliphatic heterocycles.